The fourth-order valence-corrected chi connectivity index (χ4v) is 5.19. The van der Waals surface area contributed by atoms with Crippen LogP contribution in [0.5, 0.6) is 11.6 Å². The number of hydrogen-bond donors (Lipinski definition) is 1. The number of rotatable bonds is 5. The summed E-state index contributed by atoms with van der Waals surface area (Å²) in [5.41, 5.74) is 2.05. The van der Waals surface area contributed by atoms with Crippen LogP contribution < -0.4 is 9.64 Å². The fourth-order valence-electron chi connectivity index (χ4n) is 4.10. The van der Waals surface area contributed by atoms with Gasteiger partial charge in [0.05, 0.1) is 18.0 Å². The maximum Gasteiger partial charge on any atom is 0.230 e. The third kappa shape index (κ3) is 3.70. The second-order valence-electron chi connectivity index (χ2n) is 7.42. The molecule has 1 atom stereocenters. The van der Waals surface area contributed by atoms with Gasteiger partial charge in [-0.3, -0.25) is 4.90 Å². The number of thiazole rings is 1. The van der Waals surface area contributed by atoms with Gasteiger partial charge in [-0.15, -0.1) is 0 Å². The second-order valence-corrected chi connectivity index (χ2v) is 8.43. The first-order valence-electron chi connectivity index (χ1n) is 10.0. The van der Waals surface area contributed by atoms with Crippen molar-refractivity contribution < 1.29 is 14.2 Å². The topological polar surface area (TPSA) is 66.1 Å². The van der Waals surface area contributed by atoms with Crippen LogP contribution in [0, 0.1) is 5.82 Å². The summed E-state index contributed by atoms with van der Waals surface area (Å²) >= 11 is 1.44. The summed E-state index contributed by atoms with van der Waals surface area (Å²) in [6.45, 7) is 3.17. The summed E-state index contributed by atoms with van der Waals surface area (Å²) in [7, 11) is 1.65. The summed E-state index contributed by atoms with van der Waals surface area (Å²) in [5.74, 6) is 0.657. The van der Waals surface area contributed by atoms with E-state index in [4.69, 9.17) is 4.74 Å². The molecule has 1 N–H and O–H groups in total. The lowest BCUT2D eigenvalue weighted by atomic mass is 10.0. The molecule has 0 saturated carbocycles. The van der Waals surface area contributed by atoms with Crippen LogP contribution in [-0.2, 0) is 0 Å². The third-order valence-corrected chi connectivity index (χ3v) is 6.75. The van der Waals surface area contributed by atoms with Gasteiger partial charge in [0.1, 0.15) is 17.9 Å². The number of nitrogens with zero attached hydrogens (tertiary/aromatic N) is 5. The molecular formula is C22H22FN5O2S. The molecule has 7 nitrogen and oxygen atoms in total. The first-order valence-corrected chi connectivity index (χ1v) is 10.9. The van der Waals surface area contributed by atoms with Crippen LogP contribution in [0.15, 0.2) is 54.9 Å². The zero-order valence-electron chi connectivity index (χ0n) is 17.0. The number of hydrogen-bond acceptors (Lipinski definition) is 7. The van der Waals surface area contributed by atoms with E-state index in [0.717, 1.165) is 48.1 Å². The quantitative estimate of drug-likeness (QED) is 0.513. The Morgan fingerprint density at radius 3 is 2.58 bits per heavy atom. The largest absolute Gasteiger partial charge is 0.497 e. The van der Waals surface area contributed by atoms with Crippen LogP contribution in [0.1, 0.15) is 16.5 Å². The molecule has 2 aromatic carbocycles. The molecule has 0 radical (unpaired) electrons. The number of halogens is 1. The Bertz CT molecular complexity index is 1180. The zero-order chi connectivity index (χ0) is 21.4. The maximum atomic E-state index is 13.3. The summed E-state index contributed by atoms with van der Waals surface area (Å²) in [5, 5.41) is 15.0. The van der Waals surface area contributed by atoms with E-state index in [1.54, 1.807) is 7.11 Å². The van der Waals surface area contributed by atoms with Gasteiger partial charge in [0.2, 0.25) is 10.8 Å². The van der Waals surface area contributed by atoms with Crippen molar-refractivity contribution in [1.82, 2.24) is 19.5 Å². The van der Waals surface area contributed by atoms with E-state index in [9.17, 15) is 9.50 Å². The van der Waals surface area contributed by atoms with Crippen molar-refractivity contribution in [3.63, 3.8) is 0 Å². The van der Waals surface area contributed by atoms with Crippen LogP contribution in [0.25, 0.3) is 4.96 Å². The molecule has 160 valence electrons. The van der Waals surface area contributed by atoms with E-state index >= 15 is 0 Å². The third-order valence-electron chi connectivity index (χ3n) is 5.67. The molecule has 1 aliphatic rings. The summed E-state index contributed by atoms with van der Waals surface area (Å²) in [6.07, 6.45) is 1.44. The van der Waals surface area contributed by atoms with Crippen molar-refractivity contribution in [2.75, 3.05) is 38.2 Å². The smallest absolute Gasteiger partial charge is 0.230 e. The molecule has 0 bridgehead atoms. The van der Waals surface area contributed by atoms with E-state index in [0.29, 0.717) is 4.96 Å². The molecule has 4 aromatic rings. The van der Waals surface area contributed by atoms with Crippen molar-refractivity contribution in [2.24, 2.45) is 0 Å². The van der Waals surface area contributed by atoms with Gasteiger partial charge in [0, 0.05) is 31.9 Å². The Balaban J connectivity index is 1.47. The van der Waals surface area contributed by atoms with Crippen LogP contribution in [0.4, 0.5) is 10.1 Å². The van der Waals surface area contributed by atoms with Gasteiger partial charge >= 0.3 is 0 Å². The first-order chi connectivity index (χ1) is 15.1. The normalized spacial score (nSPS) is 16.0. The molecule has 1 saturated heterocycles. The number of fused-ring (bicyclic) bond motifs is 1. The summed E-state index contributed by atoms with van der Waals surface area (Å²) in [4.78, 5) is 10.3. The highest BCUT2D eigenvalue weighted by molar-refractivity contribution is 7.17. The molecule has 31 heavy (non-hydrogen) atoms. The van der Waals surface area contributed by atoms with Crippen molar-refractivity contribution in [1.29, 1.82) is 0 Å². The van der Waals surface area contributed by atoms with Gasteiger partial charge in [-0.05, 0) is 42.0 Å². The highest BCUT2D eigenvalue weighted by atomic mass is 32.1. The van der Waals surface area contributed by atoms with Crippen molar-refractivity contribution >= 4 is 22.0 Å². The van der Waals surface area contributed by atoms with Gasteiger partial charge in [-0.1, -0.05) is 23.5 Å². The van der Waals surface area contributed by atoms with E-state index in [-0.39, 0.29) is 17.7 Å². The van der Waals surface area contributed by atoms with Gasteiger partial charge in [0.15, 0.2) is 0 Å². The predicted molar refractivity (Wildman–Crippen MR) is 118 cm³/mol. The van der Waals surface area contributed by atoms with Crippen molar-refractivity contribution in [3.8, 4) is 11.6 Å². The van der Waals surface area contributed by atoms with Crippen molar-refractivity contribution in [3.05, 3.63) is 71.1 Å². The Hall–Kier alpha value is -3.17. The zero-order valence-corrected chi connectivity index (χ0v) is 17.8. The number of benzene rings is 2. The molecule has 3 heterocycles. The number of aromatic hydroxyl groups is 1. The average Bonchev–Trinajstić information content (AvgIpc) is 3.39. The summed E-state index contributed by atoms with van der Waals surface area (Å²) in [6, 6.07) is 14.4. The molecule has 5 rings (SSSR count). The minimum atomic E-state index is -0.229. The lowest BCUT2D eigenvalue weighted by Crippen LogP contribution is -2.47. The van der Waals surface area contributed by atoms with Gasteiger partial charge in [0.25, 0.3) is 0 Å². The van der Waals surface area contributed by atoms with E-state index in [1.165, 1.54) is 34.3 Å². The van der Waals surface area contributed by atoms with Crippen molar-refractivity contribution in [2.45, 2.75) is 6.04 Å². The molecule has 9 heteroatoms. The molecule has 1 unspecified atom stereocenters. The Morgan fingerprint density at radius 2 is 1.87 bits per heavy atom. The molecular weight excluding hydrogens is 417 g/mol. The highest BCUT2D eigenvalue weighted by Crippen LogP contribution is 2.40. The van der Waals surface area contributed by atoms with Gasteiger partial charge < -0.3 is 14.7 Å². The van der Waals surface area contributed by atoms with Crippen LogP contribution >= 0.6 is 11.3 Å². The van der Waals surface area contributed by atoms with E-state index < -0.39 is 0 Å². The van der Waals surface area contributed by atoms with E-state index in [2.05, 4.69) is 25.9 Å². The average molecular weight is 440 g/mol. The maximum absolute atomic E-state index is 13.3. The summed E-state index contributed by atoms with van der Waals surface area (Å²) < 4.78 is 20.2. The monoisotopic (exact) mass is 439 g/mol. The molecule has 0 spiro atoms. The minimum absolute atomic E-state index is 0.117. The fraction of sp³-hybridized carbons (Fsp3) is 0.273. The van der Waals surface area contributed by atoms with Crippen LogP contribution in [0.3, 0.4) is 0 Å². The molecule has 0 amide bonds. The van der Waals surface area contributed by atoms with Crippen LogP contribution in [0.2, 0.25) is 0 Å². The number of ether oxygens (including phenoxy) is 1. The highest BCUT2D eigenvalue weighted by Gasteiger charge is 2.31. The lowest BCUT2D eigenvalue weighted by Gasteiger charge is -2.40. The van der Waals surface area contributed by atoms with Gasteiger partial charge in [-0.25, -0.2) is 9.37 Å². The first kappa shape index (κ1) is 19.8. The molecule has 0 aliphatic carbocycles. The molecule has 2 aromatic heterocycles. The number of methoxy groups -OCH3 is 1. The molecule has 1 aliphatic heterocycles. The Morgan fingerprint density at radius 1 is 1.10 bits per heavy atom. The predicted octanol–water partition coefficient (Wildman–Crippen LogP) is 3.56. The second kappa shape index (κ2) is 8.16. The number of anilines is 1. The number of aromatic nitrogens is 3. The Kier molecular flexibility index (Phi) is 5.21. The Labute approximate surface area is 182 Å². The van der Waals surface area contributed by atoms with Crippen LogP contribution in [-0.4, -0.2) is 57.9 Å². The van der Waals surface area contributed by atoms with Gasteiger partial charge in [-0.2, -0.15) is 9.61 Å². The van der Waals surface area contributed by atoms with E-state index in [1.807, 2.05) is 30.3 Å². The number of piperazine rings is 1. The minimum Gasteiger partial charge on any atom is -0.497 e. The standard InChI is InChI=1S/C22H22FN5O2S/c1-30-18-4-2-3-15(13-18)19(20-21(29)28-22(31-20)24-14-25-28)27-11-9-26(10-12-27)17-7-5-16(23)6-8-17/h2-8,13-14,19,29H,9-12H2,1H3. The molecule has 1 fully saturated rings. The SMILES string of the molecule is COc1cccc(C(c2sc3ncnn3c2O)N2CCN(c3ccc(F)cc3)CC2)c1. The lowest BCUT2D eigenvalue weighted by molar-refractivity contribution is 0.211.